The second kappa shape index (κ2) is 6.29. The van der Waals surface area contributed by atoms with Crippen LogP contribution in [0.5, 0.6) is 0 Å². The summed E-state index contributed by atoms with van der Waals surface area (Å²) in [6, 6.07) is 9.38. The molecule has 2 amide bonds. The van der Waals surface area contributed by atoms with E-state index in [1.807, 2.05) is 44.2 Å². The summed E-state index contributed by atoms with van der Waals surface area (Å²) in [5.74, 6) is -0.899. The van der Waals surface area contributed by atoms with Crippen LogP contribution in [0.4, 0.5) is 4.79 Å². The fourth-order valence-corrected chi connectivity index (χ4v) is 2.91. The smallest absolute Gasteiger partial charge is 0.416 e. The topological polar surface area (TPSA) is 65.1 Å². The van der Waals surface area contributed by atoms with Gasteiger partial charge in [0.2, 0.25) is 5.91 Å². The molecule has 2 fully saturated rings. The molecule has 0 aromatic heterocycles. The molecule has 0 radical (unpaired) electrons. The van der Waals surface area contributed by atoms with Gasteiger partial charge in [0.15, 0.2) is 5.79 Å². The van der Waals surface area contributed by atoms with Crippen LogP contribution < -0.4 is 0 Å². The van der Waals surface area contributed by atoms with Crippen LogP contribution in [0.25, 0.3) is 0 Å². The van der Waals surface area contributed by atoms with Crippen molar-refractivity contribution in [3.63, 3.8) is 0 Å². The van der Waals surface area contributed by atoms with Crippen molar-refractivity contribution in [1.29, 1.82) is 0 Å². The highest BCUT2D eigenvalue weighted by Crippen LogP contribution is 2.32. The number of rotatable bonds is 3. The van der Waals surface area contributed by atoms with Crippen molar-refractivity contribution >= 4 is 12.0 Å². The lowest BCUT2D eigenvalue weighted by Gasteiger charge is -2.20. The number of amides is 2. The third kappa shape index (κ3) is 3.71. The van der Waals surface area contributed by atoms with Gasteiger partial charge < -0.3 is 14.2 Å². The molecule has 0 spiro atoms. The molecule has 6 nitrogen and oxygen atoms in total. The lowest BCUT2D eigenvalue weighted by Crippen LogP contribution is -2.34. The Balaban J connectivity index is 1.54. The maximum atomic E-state index is 12.1. The summed E-state index contributed by atoms with van der Waals surface area (Å²) in [6.45, 7) is 4.60. The Morgan fingerprint density at radius 3 is 2.74 bits per heavy atom. The average Bonchev–Trinajstić information content (AvgIpc) is 3.08. The second-order valence-corrected chi connectivity index (χ2v) is 6.38. The van der Waals surface area contributed by atoms with Crippen molar-refractivity contribution in [2.24, 2.45) is 5.92 Å². The van der Waals surface area contributed by atoms with E-state index >= 15 is 0 Å². The number of nitrogens with zero attached hydrogens (tertiary/aromatic N) is 1. The molecule has 2 atom stereocenters. The van der Waals surface area contributed by atoms with Crippen LogP contribution in [0.15, 0.2) is 30.3 Å². The molecule has 2 aliphatic rings. The molecular formula is C17H21NO5. The van der Waals surface area contributed by atoms with Gasteiger partial charge in [-0.1, -0.05) is 30.3 Å². The summed E-state index contributed by atoms with van der Waals surface area (Å²) in [5, 5.41) is 0. The molecular weight excluding hydrogens is 298 g/mol. The van der Waals surface area contributed by atoms with Gasteiger partial charge in [-0.15, -0.1) is 0 Å². The Hall–Kier alpha value is -1.92. The Morgan fingerprint density at radius 2 is 2.09 bits per heavy atom. The first-order valence-corrected chi connectivity index (χ1v) is 7.77. The van der Waals surface area contributed by atoms with Crippen LogP contribution in [0.1, 0.15) is 25.8 Å². The number of imide groups is 1. The molecule has 0 aliphatic carbocycles. The first-order valence-electron chi connectivity index (χ1n) is 7.77. The molecule has 0 bridgehead atoms. The number of benzene rings is 1. The molecule has 0 saturated carbocycles. The van der Waals surface area contributed by atoms with E-state index in [-0.39, 0.29) is 31.0 Å². The lowest BCUT2D eigenvalue weighted by atomic mass is 10.0. The van der Waals surface area contributed by atoms with E-state index in [9.17, 15) is 9.59 Å². The molecule has 0 N–H and O–H groups in total. The van der Waals surface area contributed by atoms with Gasteiger partial charge in [-0.05, 0) is 19.4 Å². The van der Waals surface area contributed by atoms with Crippen LogP contribution in [0, 0.1) is 5.92 Å². The Morgan fingerprint density at radius 1 is 1.35 bits per heavy atom. The number of ether oxygens (including phenoxy) is 3. The molecule has 1 aromatic carbocycles. The second-order valence-electron chi connectivity index (χ2n) is 6.38. The monoisotopic (exact) mass is 319 g/mol. The number of carbonyl (C=O) groups excluding carboxylic acids is 2. The van der Waals surface area contributed by atoms with Gasteiger partial charge in [-0.3, -0.25) is 4.79 Å². The summed E-state index contributed by atoms with van der Waals surface area (Å²) in [6.07, 6.45) is -0.481. The van der Waals surface area contributed by atoms with Crippen molar-refractivity contribution in [2.75, 3.05) is 13.2 Å². The van der Waals surface area contributed by atoms with Gasteiger partial charge in [0.05, 0.1) is 12.7 Å². The van der Waals surface area contributed by atoms with E-state index in [0.717, 1.165) is 5.56 Å². The first kappa shape index (κ1) is 16.0. The fourth-order valence-electron chi connectivity index (χ4n) is 2.91. The molecule has 6 heteroatoms. The Labute approximate surface area is 135 Å². The fraction of sp³-hybridized carbons (Fsp3) is 0.529. The standard InChI is InChI=1S/C17H21NO5/c1-17(2)22-11-14(23-17)13-8-15(19)18(9-13)16(20)21-10-12-6-4-3-5-7-12/h3-7,13-14H,8-11H2,1-2H3. The normalized spacial score (nSPS) is 26.5. The third-order valence-corrected chi connectivity index (χ3v) is 4.14. The van der Waals surface area contributed by atoms with Crippen molar-refractivity contribution in [3.05, 3.63) is 35.9 Å². The number of hydrogen-bond donors (Lipinski definition) is 0. The van der Waals surface area contributed by atoms with Gasteiger partial charge in [0, 0.05) is 18.9 Å². The highest BCUT2D eigenvalue weighted by molar-refractivity contribution is 5.93. The highest BCUT2D eigenvalue weighted by Gasteiger charge is 2.44. The van der Waals surface area contributed by atoms with Crippen molar-refractivity contribution in [3.8, 4) is 0 Å². The number of carbonyl (C=O) groups is 2. The SMILES string of the molecule is CC1(C)OCC(C2CC(=O)N(C(=O)OCc3ccccc3)C2)O1. The maximum Gasteiger partial charge on any atom is 0.416 e. The van der Waals surface area contributed by atoms with Gasteiger partial charge in [0.1, 0.15) is 6.61 Å². The zero-order valence-electron chi connectivity index (χ0n) is 13.4. The van der Waals surface area contributed by atoms with Crippen LogP contribution in [-0.4, -0.2) is 41.9 Å². The van der Waals surface area contributed by atoms with E-state index in [1.54, 1.807) is 0 Å². The summed E-state index contributed by atoms with van der Waals surface area (Å²) in [7, 11) is 0. The van der Waals surface area contributed by atoms with E-state index < -0.39 is 11.9 Å². The summed E-state index contributed by atoms with van der Waals surface area (Å²) in [5.41, 5.74) is 0.887. The molecule has 23 heavy (non-hydrogen) atoms. The molecule has 1 aromatic rings. The summed E-state index contributed by atoms with van der Waals surface area (Å²) < 4.78 is 16.5. The molecule has 2 saturated heterocycles. The van der Waals surface area contributed by atoms with Crippen molar-refractivity contribution in [2.45, 2.75) is 38.8 Å². The zero-order valence-corrected chi connectivity index (χ0v) is 13.4. The molecule has 124 valence electrons. The minimum absolute atomic E-state index is 0.0476. The molecule has 2 unspecified atom stereocenters. The van der Waals surface area contributed by atoms with Gasteiger partial charge in [-0.25, -0.2) is 9.69 Å². The summed E-state index contributed by atoms with van der Waals surface area (Å²) in [4.78, 5) is 25.4. The van der Waals surface area contributed by atoms with Crippen molar-refractivity contribution in [1.82, 2.24) is 4.90 Å². The maximum absolute atomic E-state index is 12.1. The zero-order chi connectivity index (χ0) is 16.4. The van der Waals surface area contributed by atoms with Gasteiger partial charge in [-0.2, -0.15) is 0 Å². The quantitative estimate of drug-likeness (QED) is 0.855. The van der Waals surface area contributed by atoms with E-state index in [1.165, 1.54) is 4.90 Å². The van der Waals surface area contributed by atoms with Crippen LogP contribution in [-0.2, 0) is 25.6 Å². The molecule has 2 aliphatic heterocycles. The average molecular weight is 319 g/mol. The predicted octanol–water partition coefficient (Wildman–Crippen LogP) is 2.32. The van der Waals surface area contributed by atoms with Crippen molar-refractivity contribution < 1.29 is 23.8 Å². The van der Waals surface area contributed by atoms with Crippen LogP contribution >= 0.6 is 0 Å². The van der Waals surface area contributed by atoms with E-state index in [0.29, 0.717) is 13.2 Å². The minimum atomic E-state index is -0.630. The molecule has 2 heterocycles. The summed E-state index contributed by atoms with van der Waals surface area (Å²) >= 11 is 0. The largest absolute Gasteiger partial charge is 0.444 e. The Bertz CT molecular complexity index is 586. The lowest BCUT2D eigenvalue weighted by molar-refractivity contribution is -0.144. The highest BCUT2D eigenvalue weighted by atomic mass is 16.7. The van der Waals surface area contributed by atoms with Crippen LogP contribution in [0.2, 0.25) is 0 Å². The van der Waals surface area contributed by atoms with E-state index in [4.69, 9.17) is 14.2 Å². The minimum Gasteiger partial charge on any atom is -0.444 e. The Kier molecular flexibility index (Phi) is 4.37. The predicted molar refractivity (Wildman–Crippen MR) is 81.4 cm³/mol. The molecule has 3 rings (SSSR count). The van der Waals surface area contributed by atoms with Crippen LogP contribution in [0.3, 0.4) is 0 Å². The third-order valence-electron chi connectivity index (χ3n) is 4.14. The van der Waals surface area contributed by atoms with Gasteiger partial charge >= 0.3 is 6.09 Å². The van der Waals surface area contributed by atoms with Gasteiger partial charge in [0.25, 0.3) is 0 Å². The number of hydrogen-bond acceptors (Lipinski definition) is 5. The number of likely N-dealkylation sites (tertiary alicyclic amines) is 1. The van der Waals surface area contributed by atoms with E-state index in [2.05, 4.69) is 0 Å². The first-order chi connectivity index (χ1) is 10.9.